The number of amides is 1. The standard InChI is InChI=1S/C19H21ClN4O4/c1-13(19(26)21-16-7-6-14(24(27)28)12-15(16)20)22-8-10-23(11-9-22)17-4-2-3-5-18(17)25/h2-7,12-13,25H,8-11H2,1H3,(H,21,26). The van der Waals surface area contributed by atoms with Gasteiger partial charge in [0.05, 0.1) is 27.4 Å². The molecule has 0 saturated carbocycles. The summed E-state index contributed by atoms with van der Waals surface area (Å²) in [5.41, 5.74) is 1.00. The van der Waals surface area contributed by atoms with Gasteiger partial charge in [0.15, 0.2) is 0 Å². The first-order chi connectivity index (χ1) is 13.4. The fourth-order valence-corrected chi connectivity index (χ4v) is 3.43. The number of carbonyl (C=O) groups is 1. The smallest absolute Gasteiger partial charge is 0.271 e. The molecule has 1 fully saturated rings. The van der Waals surface area contributed by atoms with E-state index in [9.17, 15) is 20.0 Å². The van der Waals surface area contributed by atoms with E-state index in [1.54, 1.807) is 12.1 Å². The molecular formula is C19H21ClN4O4. The number of anilines is 2. The molecule has 148 valence electrons. The summed E-state index contributed by atoms with van der Waals surface area (Å²) < 4.78 is 0. The lowest BCUT2D eigenvalue weighted by Crippen LogP contribution is -2.52. The van der Waals surface area contributed by atoms with Crippen LogP contribution in [0.25, 0.3) is 0 Å². The Morgan fingerprint density at radius 1 is 1.21 bits per heavy atom. The highest BCUT2D eigenvalue weighted by molar-refractivity contribution is 6.34. The van der Waals surface area contributed by atoms with Gasteiger partial charge in [-0.25, -0.2) is 0 Å². The lowest BCUT2D eigenvalue weighted by atomic mass is 10.2. The van der Waals surface area contributed by atoms with E-state index in [1.165, 1.54) is 18.2 Å². The van der Waals surface area contributed by atoms with Crippen molar-refractivity contribution in [3.8, 4) is 5.75 Å². The van der Waals surface area contributed by atoms with Crippen LogP contribution in [0.5, 0.6) is 5.75 Å². The van der Waals surface area contributed by atoms with Crippen molar-refractivity contribution in [2.75, 3.05) is 36.4 Å². The van der Waals surface area contributed by atoms with Gasteiger partial charge in [-0.3, -0.25) is 19.8 Å². The summed E-state index contributed by atoms with van der Waals surface area (Å²) in [6.07, 6.45) is 0. The van der Waals surface area contributed by atoms with E-state index in [1.807, 2.05) is 24.0 Å². The van der Waals surface area contributed by atoms with Crippen molar-refractivity contribution in [1.82, 2.24) is 4.90 Å². The van der Waals surface area contributed by atoms with Gasteiger partial charge in [0.1, 0.15) is 5.75 Å². The molecule has 28 heavy (non-hydrogen) atoms. The van der Waals surface area contributed by atoms with Gasteiger partial charge in [-0.05, 0) is 25.1 Å². The van der Waals surface area contributed by atoms with Crippen LogP contribution >= 0.6 is 11.6 Å². The minimum absolute atomic E-state index is 0.124. The van der Waals surface area contributed by atoms with Gasteiger partial charge in [-0.15, -0.1) is 0 Å². The number of nitrogens with zero attached hydrogens (tertiary/aromatic N) is 3. The highest BCUT2D eigenvalue weighted by Crippen LogP contribution is 2.28. The lowest BCUT2D eigenvalue weighted by Gasteiger charge is -2.38. The topological polar surface area (TPSA) is 98.9 Å². The number of non-ortho nitro benzene ring substituents is 1. The summed E-state index contributed by atoms with van der Waals surface area (Å²) in [5.74, 6) is 0.0151. The summed E-state index contributed by atoms with van der Waals surface area (Å²) in [6, 6.07) is 10.8. The predicted octanol–water partition coefficient (Wildman–Crippen LogP) is 3.10. The molecule has 2 aromatic rings. The zero-order chi connectivity index (χ0) is 20.3. The summed E-state index contributed by atoms with van der Waals surface area (Å²) >= 11 is 6.05. The number of nitrogens with one attached hydrogen (secondary N) is 1. The largest absolute Gasteiger partial charge is 0.506 e. The van der Waals surface area contributed by atoms with E-state index >= 15 is 0 Å². The highest BCUT2D eigenvalue weighted by Gasteiger charge is 2.27. The molecule has 1 aliphatic heterocycles. The molecule has 0 spiro atoms. The van der Waals surface area contributed by atoms with Crippen LogP contribution in [0.2, 0.25) is 5.02 Å². The van der Waals surface area contributed by atoms with Gasteiger partial charge >= 0.3 is 0 Å². The van der Waals surface area contributed by atoms with E-state index < -0.39 is 11.0 Å². The molecule has 1 atom stereocenters. The Kier molecular flexibility index (Phi) is 6.01. The third-order valence-electron chi connectivity index (χ3n) is 4.89. The van der Waals surface area contributed by atoms with Crippen molar-refractivity contribution in [3.05, 3.63) is 57.6 Å². The number of nitro benzene ring substituents is 1. The number of nitro groups is 1. The second-order valence-corrected chi connectivity index (χ2v) is 7.01. The zero-order valence-corrected chi connectivity index (χ0v) is 16.1. The van der Waals surface area contributed by atoms with E-state index in [0.717, 1.165) is 5.69 Å². The Bertz CT molecular complexity index is 884. The molecule has 0 aliphatic carbocycles. The maximum Gasteiger partial charge on any atom is 0.271 e. The van der Waals surface area contributed by atoms with Crippen LogP contribution in [0.3, 0.4) is 0 Å². The van der Waals surface area contributed by atoms with Gasteiger partial charge in [0, 0.05) is 38.3 Å². The number of benzene rings is 2. The number of hydrogen-bond donors (Lipinski definition) is 2. The van der Waals surface area contributed by atoms with Crippen molar-refractivity contribution in [2.24, 2.45) is 0 Å². The normalized spacial score (nSPS) is 15.9. The van der Waals surface area contributed by atoms with Gasteiger partial charge < -0.3 is 15.3 Å². The number of halogens is 1. The first kappa shape index (κ1) is 19.9. The predicted molar refractivity (Wildman–Crippen MR) is 108 cm³/mol. The van der Waals surface area contributed by atoms with Crippen LogP contribution < -0.4 is 10.2 Å². The maximum atomic E-state index is 12.6. The molecule has 1 unspecified atom stereocenters. The number of carbonyl (C=O) groups excluding carboxylic acids is 1. The van der Waals surface area contributed by atoms with Crippen LogP contribution in [0.15, 0.2) is 42.5 Å². The fraction of sp³-hybridized carbons (Fsp3) is 0.316. The van der Waals surface area contributed by atoms with Crippen LogP contribution in [0, 0.1) is 10.1 Å². The highest BCUT2D eigenvalue weighted by atomic mass is 35.5. The summed E-state index contributed by atoms with van der Waals surface area (Å²) in [6.45, 7) is 4.51. The summed E-state index contributed by atoms with van der Waals surface area (Å²) in [5, 5.41) is 23.6. The zero-order valence-electron chi connectivity index (χ0n) is 15.3. The van der Waals surface area contributed by atoms with Crippen LogP contribution in [0.4, 0.5) is 17.1 Å². The van der Waals surface area contributed by atoms with Crippen molar-refractivity contribution in [2.45, 2.75) is 13.0 Å². The number of para-hydroxylation sites is 2. The second kappa shape index (κ2) is 8.45. The van der Waals surface area contributed by atoms with E-state index in [0.29, 0.717) is 31.9 Å². The minimum atomic E-state index is -0.538. The van der Waals surface area contributed by atoms with Gasteiger partial charge in [-0.2, -0.15) is 0 Å². The molecule has 1 aliphatic rings. The van der Waals surface area contributed by atoms with Crippen LogP contribution in [0.1, 0.15) is 6.92 Å². The molecule has 0 aromatic heterocycles. The maximum absolute atomic E-state index is 12.6. The number of hydrogen-bond acceptors (Lipinski definition) is 6. The van der Waals surface area contributed by atoms with E-state index in [-0.39, 0.29) is 22.4 Å². The van der Waals surface area contributed by atoms with Gasteiger partial charge in [0.25, 0.3) is 5.69 Å². The van der Waals surface area contributed by atoms with Crippen molar-refractivity contribution in [1.29, 1.82) is 0 Å². The van der Waals surface area contributed by atoms with Gasteiger partial charge in [-0.1, -0.05) is 23.7 Å². The molecule has 9 heteroatoms. The first-order valence-corrected chi connectivity index (χ1v) is 9.26. The molecule has 2 aromatic carbocycles. The van der Waals surface area contributed by atoms with Crippen LogP contribution in [-0.4, -0.2) is 53.1 Å². The monoisotopic (exact) mass is 404 g/mol. The first-order valence-electron chi connectivity index (χ1n) is 8.88. The minimum Gasteiger partial charge on any atom is -0.506 e. The average molecular weight is 405 g/mol. The molecule has 2 N–H and O–H groups in total. The molecule has 1 amide bonds. The molecule has 8 nitrogen and oxygen atoms in total. The third kappa shape index (κ3) is 4.35. The Labute approximate surface area is 167 Å². The fourth-order valence-electron chi connectivity index (χ4n) is 3.20. The van der Waals surface area contributed by atoms with Crippen molar-refractivity contribution in [3.63, 3.8) is 0 Å². The Morgan fingerprint density at radius 2 is 1.89 bits per heavy atom. The Balaban J connectivity index is 1.59. The second-order valence-electron chi connectivity index (χ2n) is 6.60. The van der Waals surface area contributed by atoms with Gasteiger partial charge in [0.2, 0.25) is 5.91 Å². The number of phenols is 1. The number of piperazine rings is 1. The third-order valence-corrected chi connectivity index (χ3v) is 5.20. The molecule has 0 bridgehead atoms. The molecule has 1 saturated heterocycles. The van der Waals surface area contributed by atoms with Crippen LogP contribution in [-0.2, 0) is 4.79 Å². The molecular weight excluding hydrogens is 384 g/mol. The summed E-state index contributed by atoms with van der Waals surface area (Å²) in [7, 11) is 0. The SMILES string of the molecule is CC(C(=O)Nc1ccc([N+](=O)[O-])cc1Cl)N1CCN(c2ccccc2O)CC1. The summed E-state index contributed by atoms with van der Waals surface area (Å²) in [4.78, 5) is 27.0. The molecule has 1 heterocycles. The number of aromatic hydroxyl groups is 1. The molecule has 0 radical (unpaired) electrons. The van der Waals surface area contributed by atoms with Crippen molar-refractivity contribution >= 4 is 34.6 Å². The van der Waals surface area contributed by atoms with E-state index in [4.69, 9.17) is 11.6 Å². The van der Waals surface area contributed by atoms with E-state index in [2.05, 4.69) is 10.2 Å². The van der Waals surface area contributed by atoms with Crippen molar-refractivity contribution < 1.29 is 14.8 Å². The average Bonchev–Trinajstić information content (AvgIpc) is 2.69. The lowest BCUT2D eigenvalue weighted by molar-refractivity contribution is -0.384. The molecule has 3 rings (SSSR count). The number of rotatable bonds is 5. The number of phenolic OH excluding ortho intramolecular Hbond substituents is 1. The Hall–Kier alpha value is -2.84. The quantitative estimate of drug-likeness (QED) is 0.586. The Morgan fingerprint density at radius 3 is 2.50 bits per heavy atom.